The van der Waals surface area contributed by atoms with Gasteiger partial charge in [0.05, 0.1) is 7.11 Å². The van der Waals surface area contributed by atoms with E-state index in [1.807, 2.05) is 11.0 Å². The molecular weight excluding hydrogens is 345 g/mol. The number of likely N-dealkylation sites (tertiary alicyclic amines) is 1. The van der Waals surface area contributed by atoms with E-state index in [0.717, 1.165) is 64.2 Å². The predicted molar refractivity (Wildman–Crippen MR) is 104 cm³/mol. The largest absolute Gasteiger partial charge is 0.494 e. The number of benzene rings is 1. The van der Waals surface area contributed by atoms with E-state index >= 15 is 0 Å². The molecule has 0 spiro atoms. The maximum atomic E-state index is 13.6. The monoisotopic (exact) mass is 377 g/mol. The number of piperazine rings is 1. The minimum atomic E-state index is -0.319. The lowest BCUT2D eigenvalue weighted by molar-refractivity contribution is -0.133. The summed E-state index contributed by atoms with van der Waals surface area (Å²) in [5.41, 5.74) is 1.07. The van der Waals surface area contributed by atoms with Crippen molar-refractivity contribution in [3.63, 3.8) is 0 Å². The molecule has 3 rings (SSSR count). The molecule has 0 radical (unpaired) electrons. The van der Waals surface area contributed by atoms with Crippen LogP contribution in [-0.2, 0) is 11.3 Å². The van der Waals surface area contributed by atoms with E-state index in [0.29, 0.717) is 24.0 Å². The standard InChI is InChI=1S/C21H32FN3O2/c1-23-10-12-25(13-11-23)21(26)8-6-17-4-3-9-24(15-17)16-18-5-7-19(22)20(14-18)27-2/h5,7,14,17H,3-4,6,8-13,15-16H2,1-2H3/t17-/m1/s1. The van der Waals surface area contributed by atoms with Crippen LogP contribution in [0.3, 0.4) is 0 Å². The van der Waals surface area contributed by atoms with Crippen LogP contribution in [0.5, 0.6) is 5.75 Å². The summed E-state index contributed by atoms with van der Waals surface area (Å²) in [6.07, 6.45) is 3.98. The molecule has 0 bridgehead atoms. The molecule has 27 heavy (non-hydrogen) atoms. The molecule has 150 valence electrons. The maximum absolute atomic E-state index is 13.6. The smallest absolute Gasteiger partial charge is 0.222 e. The Labute approximate surface area is 162 Å². The van der Waals surface area contributed by atoms with E-state index in [-0.39, 0.29) is 5.82 Å². The molecule has 2 aliphatic rings. The molecule has 0 N–H and O–H groups in total. The van der Waals surface area contributed by atoms with Crippen molar-refractivity contribution in [3.05, 3.63) is 29.6 Å². The number of methoxy groups -OCH3 is 1. The van der Waals surface area contributed by atoms with Gasteiger partial charge >= 0.3 is 0 Å². The third kappa shape index (κ3) is 5.66. The number of piperidine rings is 1. The first-order valence-corrected chi connectivity index (χ1v) is 10.1. The van der Waals surface area contributed by atoms with Gasteiger partial charge in [0.2, 0.25) is 5.91 Å². The predicted octanol–water partition coefficient (Wildman–Crippen LogP) is 2.60. The van der Waals surface area contributed by atoms with Crippen LogP contribution in [-0.4, -0.2) is 74.0 Å². The van der Waals surface area contributed by atoms with Crippen molar-refractivity contribution < 1.29 is 13.9 Å². The third-order valence-corrected chi connectivity index (χ3v) is 5.85. The van der Waals surface area contributed by atoms with Gasteiger partial charge in [0.1, 0.15) is 0 Å². The van der Waals surface area contributed by atoms with Gasteiger partial charge in [-0.3, -0.25) is 9.69 Å². The van der Waals surface area contributed by atoms with Gasteiger partial charge in [-0.15, -0.1) is 0 Å². The van der Waals surface area contributed by atoms with Crippen molar-refractivity contribution in [2.24, 2.45) is 5.92 Å². The zero-order chi connectivity index (χ0) is 19.2. The lowest BCUT2D eigenvalue weighted by atomic mass is 9.92. The number of carbonyl (C=O) groups excluding carboxylic acids is 1. The number of amides is 1. The summed E-state index contributed by atoms with van der Waals surface area (Å²) in [4.78, 5) is 19.2. The molecule has 1 aromatic rings. The van der Waals surface area contributed by atoms with Crippen molar-refractivity contribution in [2.45, 2.75) is 32.2 Å². The van der Waals surface area contributed by atoms with Crippen LogP contribution in [0.2, 0.25) is 0 Å². The zero-order valence-electron chi connectivity index (χ0n) is 16.6. The van der Waals surface area contributed by atoms with Crippen molar-refractivity contribution in [2.75, 3.05) is 53.4 Å². The molecule has 0 aliphatic carbocycles. The minimum Gasteiger partial charge on any atom is -0.494 e. The Kier molecular flexibility index (Phi) is 7.07. The minimum absolute atomic E-state index is 0.304. The molecule has 1 aromatic carbocycles. The van der Waals surface area contributed by atoms with E-state index in [1.165, 1.54) is 19.6 Å². The van der Waals surface area contributed by atoms with Crippen LogP contribution in [0, 0.1) is 11.7 Å². The highest BCUT2D eigenvalue weighted by Gasteiger charge is 2.23. The van der Waals surface area contributed by atoms with Gasteiger partial charge in [0.25, 0.3) is 0 Å². The van der Waals surface area contributed by atoms with Gasteiger partial charge in [-0.05, 0) is 56.5 Å². The van der Waals surface area contributed by atoms with E-state index in [9.17, 15) is 9.18 Å². The molecule has 0 aromatic heterocycles. The van der Waals surface area contributed by atoms with Gasteiger partial charge in [-0.25, -0.2) is 4.39 Å². The molecule has 0 unspecified atom stereocenters. The van der Waals surface area contributed by atoms with Crippen molar-refractivity contribution >= 4 is 5.91 Å². The van der Waals surface area contributed by atoms with Crippen molar-refractivity contribution in [1.82, 2.24) is 14.7 Å². The second kappa shape index (κ2) is 9.51. The molecule has 2 fully saturated rings. The van der Waals surface area contributed by atoms with Gasteiger partial charge in [0, 0.05) is 45.7 Å². The fraction of sp³-hybridized carbons (Fsp3) is 0.667. The molecule has 1 amide bonds. The van der Waals surface area contributed by atoms with E-state index < -0.39 is 0 Å². The average molecular weight is 378 g/mol. The quantitative estimate of drug-likeness (QED) is 0.764. The van der Waals surface area contributed by atoms with Crippen molar-refractivity contribution in [1.29, 1.82) is 0 Å². The van der Waals surface area contributed by atoms with Crippen LogP contribution in [0.4, 0.5) is 4.39 Å². The van der Waals surface area contributed by atoms with Crippen LogP contribution in [0.1, 0.15) is 31.2 Å². The number of carbonyl (C=O) groups is 1. The molecule has 6 heteroatoms. The Bertz CT molecular complexity index is 632. The van der Waals surface area contributed by atoms with E-state index in [1.54, 1.807) is 6.07 Å². The third-order valence-electron chi connectivity index (χ3n) is 5.85. The van der Waals surface area contributed by atoms with Gasteiger partial charge in [0.15, 0.2) is 11.6 Å². The van der Waals surface area contributed by atoms with Crippen LogP contribution < -0.4 is 4.74 Å². The van der Waals surface area contributed by atoms with Gasteiger partial charge in [-0.2, -0.15) is 0 Å². The van der Waals surface area contributed by atoms with Crippen LogP contribution in [0.25, 0.3) is 0 Å². The number of halogens is 1. The van der Waals surface area contributed by atoms with Crippen LogP contribution >= 0.6 is 0 Å². The molecule has 0 saturated carbocycles. The number of rotatable bonds is 6. The van der Waals surface area contributed by atoms with Gasteiger partial charge < -0.3 is 14.5 Å². The number of hydrogen-bond acceptors (Lipinski definition) is 4. The molecule has 2 saturated heterocycles. The first-order chi connectivity index (χ1) is 13.0. The number of ether oxygens (including phenoxy) is 1. The molecule has 2 aliphatic heterocycles. The van der Waals surface area contributed by atoms with Crippen LogP contribution in [0.15, 0.2) is 18.2 Å². The Balaban J connectivity index is 1.46. The Morgan fingerprint density at radius 1 is 1.22 bits per heavy atom. The Morgan fingerprint density at radius 2 is 2.00 bits per heavy atom. The second-order valence-corrected chi connectivity index (χ2v) is 7.94. The molecule has 1 atom stereocenters. The lowest BCUT2D eigenvalue weighted by Gasteiger charge is -2.34. The normalized spacial score (nSPS) is 22.0. The summed E-state index contributed by atoms with van der Waals surface area (Å²) in [6.45, 7) is 6.54. The summed E-state index contributed by atoms with van der Waals surface area (Å²) in [5, 5.41) is 0. The summed E-state index contributed by atoms with van der Waals surface area (Å²) in [6, 6.07) is 5.10. The summed E-state index contributed by atoms with van der Waals surface area (Å²) in [7, 11) is 3.60. The fourth-order valence-electron chi connectivity index (χ4n) is 4.13. The number of likely N-dealkylation sites (N-methyl/N-ethyl adjacent to an activating group) is 1. The average Bonchev–Trinajstić information content (AvgIpc) is 2.68. The maximum Gasteiger partial charge on any atom is 0.222 e. The Morgan fingerprint density at radius 3 is 2.74 bits per heavy atom. The fourth-order valence-corrected chi connectivity index (χ4v) is 4.13. The van der Waals surface area contributed by atoms with Crippen molar-refractivity contribution in [3.8, 4) is 5.75 Å². The first-order valence-electron chi connectivity index (χ1n) is 10.1. The number of nitrogens with zero attached hydrogens (tertiary/aromatic N) is 3. The van der Waals surface area contributed by atoms with Gasteiger partial charge in [-0.1, -0.05) is 6.07 Å². The summed E-state index contributed by atoms with van der Waals surface area (Å²) in [5.74, 6) is 0.861. The highest BCUT2D eigenvalue weighted by Crippen LogP contribution is 2.25. The second-order valence-electron chi connectivity index (χ2n) is 7.94. The lowest BCUT2D eigenvalue weighted by Crippen LogP contribution is -2.47. The zero-order valence-corrected chi connectivity index (χ0v) is 16.6. The Hall–Kier alpha value is -1.66. The summed E-state index contributed by atoms with van der Waals surface area (Å²) < 4.78 is 18.7. The SMILES string of the molecule is COc1cc(CN2CCC[C@H](CCC(=O)N3CCN(C)CC3)C2)ccc1F. The summed E-state index contributed by atoms with van der Waals surface area (Å²) >= 11 is 0. The highest BCUT2D eigenvalue weighted by molar-refractivity contribution is 5.76. The molecule has 2 heterocycles. The molecular formula is C21H32FN3O2. The van der Waals surface area contributed by atoms with E-state index in [4.69, 9.17) is 4.74 Å². The molecule has 5 nitrogen and oxygen atoms in total. The van der Waals surface area contributed by atoms with E-state index in [2.05, 4.69) is 16.8 Å². The topological polar surface area (TPSA) is 36.0 Å². The first kappa shape index (κ1) is 20.1. The highest BCUT2D eigenvalue weighted by atomic mass is 19.1. The number of hydrogen-bond donors (Lipinski definition) is 0.